The molecular formula is C24H36N4S. The molecule has 29 heavy (non-hydrogen) atoms. The fourth-order valence-corrected chi connectivity index (χ4v) is 4.86. The molecule has 158 valence electrons. The molecule has 2 N–H and O–H groups in total. The van der Waals surface area contributed by atoms with Gasteiger partial charge in [-0.2, -0.15) is 0 Å². The largest absolute Gasteiger partial charge is 0.385 e. The van der Waals surface area contributed by atoms with E-state index in [-0.39, 0.29) is 0 Å². The average molecular weight is 413 g/mol. The first-order valence-electron chi connectivity index (χ1n) is 10.6. The molecular weight excluding hydrogens is 376 g/mol. The van der Waals surface area contributed by atoms with Crippen LogP contribution in [0.1, 0.15) is 63.0 Å². The highest BCUT2D eigenvalue weighted by molar-refractivity contribution is 7.16. The van der Waals surface area contributed by atoms with Gasteiger partial charge >= 0.3 is 0 Å². The maximum Gasteiger partial charge on any atom is 0.0980 e. The zero-order valence-corrected chi connectivity index (χ0v) is 19.5. The van der Waals surface area contributed by atoms with E-state index in [4.69, 9.17) is 4.99 Å². The Labute approximate surface area is 180 Å². The second-order valence-corrected chi connectivity index (χ2v) is 8.70. The minimum absolute atomic E-state index is 0.454. The zero-order chi connectivity index (χ0) is 21.4. The van der Waals surface area contributed by atoms with Crippen LogP contribution in [0, 0.1) is 5.92 Å². The van der Waals surface area contributed by atoms with Gasteiger partial charge in [0.15, 0.2) is 0 Å². The van der Waals surface area contributed by atoms with E-state index in [0.29, 0.717) is 5.92 Å². The summed E-state index contributed by atoms with van der Waals surface area (Å²) < 4.78 is 0. The molecule has 0 amide bonds. The summed E-state index contributed by atoms with van der Waals surface area (Å²) in [6.45, 7) is 17.4. The number of nitrogens with zero attached hydrogens (tertiary/aromatic N) is 2. The minimum atomic E-state index is 0.454. The maximum absolute atomic E-state index is 4.89. The van der Waals surface area contributed by atoms with Crippen molar-refractivity contribution >= 4 is 34.0 Å². The van der Waals surface area contributed by atoms with Gasteiger partial charge in [0.1, 0.15) is 0 Å². The molecule has 0 spiro atoms. The second-order valence-electron chi connectivity index (χ2n) is 7.59. The van der Waals surface area contributed by atoms with Crippen LogP contribution in [-0.4, -0.2) is 25.5 Å². The van der Waals surface area contributed by atoms with E-state index in [1.165, 1.54) is 33.1 Å². The number of nitrogens with one attached hydrogen (secondary N) is 2. The Balaban J connectivity index is 2.26. The van der Waals surface area contributed by atoms with Crippen LogP contribution < -0.4 is 10.6 Å². The quantitative estimate of drug-likeness (QED) is 0.354. The summed E-state index contributed by atoms with van der Waals surface area (Å²) in [5.74, 6) is 0.454. The van der Waals surface area contributed by atoms with Crippen molar-refractivity contribution in [1.29, 1.82) is 0 Å². The number of thiophene rings is 1. The van der Waals surface area contributed by atoms with E-state index < -0.39 is 0 Å². The summed E-state index contributed by atoms with van der Waals surface area (Å²) in [5, 5.41) is 8.15. The van der Waals surface area contributed by atoms with Crippen molar-refractivity contribution < 1.29 is 0 Å². The SMILES string of the molecule is C=CC=N/C(C)=C(\C)N=C(C)C1CCc2sc(NC)c(C(=C)NCCCC)c2C1. The van der Waals surface area contributed by atoms with E-state index in [1.54, 1.807) is 12.3 Å². The van der Waals surface area contributed by atoms with Gasteiger partial charge < -0.3 is 10.6 Å². The molecule has 0 saturated carbocycles. The minimum Gasteiger partial charge on any atom is -0.385 e. The molecule has 1 aromatic rings. The van der Waals surface area contributed by atoms with Crippen LogP contribution >= 0.6 is 11.3 Å². The highest BCUT2D eigenvalue weighted by Gasteiger charge is 2.28. The third kappa shape index (κ3) is 5.92. The van der Waals surface area contributed by atoms with Gasteiger partial charge in [0.2, 0.25) is 0 Å². The summed E-state index contributed by atoms with van der Waals surface area (Å²) in [6.07, 6.45) is 9.01. The molecule has 0 bridgehead atoms. The predicted octanol–water partition coefficient (Wildman–Crippen LogP) is 6.22. The summed E-state index contributed by atoms with van der Waals surface area (Å²) in [6, 6.07) is 0. The van der Waals surface area contributed by atoms with Crippen LogP contribution in [0.4, 0.5) is 5.00 Å². The standard InChI is InChI=1S/C24H36N4S/c1-8-10-14-27-19(6)23-21-15-20(11-12-22(21)29-24(23)25-7)18(5)28-17(4)16(3)26-13-9-2/h9,13,20,25,27H,2,6,8,10-12,14-15H2,1,3-5,7H3/b17-16+,26-13?,28-18?. The molecule has 1 unspecified atom stereocenters. The molecule has 1 heterocycles. The summed E-state index contributed by atoms with van der Waals surface area (Å²) in [7, 11) is 2.00. The third-order valence-electron chi connectivity index (χ3n) is 5.49. The van der Waals surface area contributed by atoms with Crippen LogP contribution in [0.25, 0.3) is 5.70 Å². The Morgan fingerprint density at radius 1 is 1.28 bits per heavy atom. The lowest BCUT2D eigenvalue weighted by atomic mass is 9.83. The van der Waals surface area contributed by atoms with E-state index in [1.807, 2.05) is 32.2 Å². The summed E-state index contributed by atoms with van der Waals surface area (Å²) in [4.78, 5) is 10.7. The second kappa shape index (κ2) is 11.1. The van der Waals surface area contributed by atoms with Crippen LogP contribution in [0.2, 0.25) is 0 Å². The van der Waals surface area contributed by atoms with Crippen molar-refractivity contribution in [3.8, 4) is 0 Å². The van der Waals surface area contributed by atoms with E-state index in [0.717, 1.165) is 49.3 Å². The van der Waals surface area contributed by atoms with Crippen LogP contribution in [0.3, 0.4) is 0 Å². The molecule has 5 heteroatoms. The Hall–Kier alpha value is -2.14. The third-order valence-corrected chi connectivity index (χ3v) is 6.80. The molecule has 0 aliphatic heterocycles. The molecule has 0 fully saturated rings. The fraction of sp³-hybridized carbons (Fsp3) is 0.500. The molecule has 1 aromatic heterocycles. The molecule has 1 atom stereocenters. The van der Waals surface area contributed by atoms with Crippen molar-refractivity contribution in [2.45, 2.75) is 59.8 Å². The van der Waals surface area contributed by atoms with Crippen molar-refractivity contribution in [2.24, 2.45) is 15.9 Å². The van der Waals surface area contributed by atoms with Crippen LogP contribution in [-0.2, 0) is 12.8 Å². The van der Waals surface area contributed by atoms with Gasteiger partial charge in [0.05, 0.1) is 16.4 Å². The van der Waals surface area contributed by atoms with Gasteiger partial charge in [-0.1, -0.05) is 32.6 Å². The molecule has 0 aromatic carbocycles. The Morgan fingerprint density at radius 3 is 2.69 bits per heavy atom. The number of aryl methyl sites for hydroxylation is 1. The normalized spacial score (nSPS) is 17.7. The topological polar surface area (TPSA) is 48.8 Å². The van der Waals surface area contributed by atoms with Crippen molar-refractivity contribution in [1.82, 2.24) is 5.32 Å². The first-order valence-corrected chi connectivity index (χ1v) is 11.4. The molecule has 1 aliphatic carbocycles. The lowest BCUT2D eigenvalue weighted by Gasteiger charge is -2.24. The lowest BCUT2D eigenvalue weighted by molar-refractivity contribution is 0.587. The maximum atomic E-state index is 4.89. The smallest absolute Gasteiger partial charge is 0.0980 e. The van der Waals surface area contributed by atoms with Crippen LogP contribution in [0.5, 0.6) is 0 Å². The molecule has 0 saturated heterocycles. The van der Waals surface area contributed by atoms with Gasteiger partial charge in [-0.05, 0) is 52.0 Å². The molecule has 2 rings (SSSR count). The van der Waals surface area contributed by atoms with Crippen molar-refractivity contribution in [3.63, 3.8) is 0 Å². The monoisotopic (exact) mass is 412 g/mol. The van der Waals surface area contributed by atoms with Crippen molar-refractivity contribution in [2.75, 3.05) is 18.9 Å². The number of anilines is 1. The Kier molecular flexibility index (Phi) is 8.90. The molecule has 4 nitrogen and oxygen atoms in total. The summed E-state index contributed by atoms with van der Waals surface area (Å²) >= 11 is 1.88. The first-order chi connectivity index (χ1) is 13.9. The highest BCUT2D eigenvalue weighted by atomic mass is 32.1. The zero-order valence-electron chi connectivity index (χ0n) is 18.7. The first kappa shape index (κ1) is 23.1. The molecule has 1 aliphatic rings. The van der Waals surface area contributed by atoms with Gasteiger partial charge in [-0.25, -0.2) is 0 Å². The van der Waals surface area contributed by atoms with E-state index >= 15 is 0 Å². The van der Waals surface area contributed by atoms with Gasteiger partial charge in [-0.15, -0.1) is 11.3 Å². The number of rotatable bonds is 10. The molecule has 0 radical (unpaired) electrons. The van der Waals surface area contributed by atoms with E-state index in [2.05, 4.69) is 42.6 Å². The summed E-state index contributed by atoms with van der Waals surface area (Å²) in [5.41, 5.74) is 6.86. The predicted molar refractivity (Wildman–Crippen MR) is 131 cm³/mol. The number of hydrogen-bond donors (Lipinski definition) is 2. The fourth-order valence-electron chi connectivity index (χ4n) is 3.63. The number of allylic oxidation sites excluding steroid dienone is 3. The average Bonchev–Trinajstić information content (AvgIpc) is 3.09. The number of hydrogen-bond acceptors (Lipinski definition) is 5. The number of aliphatic imine (C=N–C) groups is 2. The van der Waals surface area contributed by atoms with Gasteiger partial charge in [0.25, 0.3) is 0 Å². The number of fused-ring (bicyclic) bond motifs is 1. The Bertz CT molecular complexity index is 826. The lowest BCUT2D eigenvalue weighted by Crippen LogP contribution is -2.22. The Morgan fingerprint density at radius 2 is 2.03 bits per heavy atom. The highest BCUT2D eigenvalue weighted by Crippen LogP contribution is 2.42. The van der Waals surface area contributed by atoms with Gasteiger partial charge in [0, 0.05) is 47.6 Å². The van der Waals surface area contributed by atoms with Crippen LogP contribution in [0.15, 0.2) is 40.6 Å². The van der Waals surface area contributed by atoms with Gasteiger partial charge in [-0.3, -0.25) is 9.98 Å². The van der Waals surface area contributed by atoms with Crippen molar-refractivity contribution in [3.05, 3.63) is 46.6 Å². The number of unbranched alkanes of at least 4 members (excludes halogenated alkanes) is 1. The van der Waals surface area contributed by atoms with E-state index in [9.17, 15) is 0 Å².